The smallest absolute Gasteiger partial charge is 0.257 e. The topological polar surface area (TPSA) is 49.3 Å². The molecule has 2 aromatic heterocycles. The number of piperazine rings is 1. The average molecular weight is 467 g/mol. The number of amides is 1. The first-order valence-corrected chi connectivity index (χ1v) is 11.9. The second kappa shape index (κ2) is 9.44. The van der Waals surface area contributed by atoms with Gasteiger partial charge in [0.05, 0.1) is 22.5 Å². The summed E-state index contributed by atoms with van der Waals surface area (Å²) in [6.07, 6.45) is 6.76. The maximum absolute atomic E-state index is 15.3. The SMILES string of the molecule is C=Cc1ccc(C#Cc2c(-c3ccc(C(=O)N4CC5CC4CN5C)c(F)c3)ccnc2CC)cn1. The van der Waals surface area contributed by atoms with E-state index in [2.05, 4.69) is 40.3 Å². The first-order valence-electron chi connectivity index (χ1n) is 11.9. The molecule has 5 rings (SSSR count). The van der Waals surface area contributed by atoms with Crippen molar-refractivity contribution in [3.8, 4) is 23.0 Å². The summed E-state index contributed by atoms with van der Waals surface area (Å²) in [6.45, 7) is 7.24. The fourth-order valence-electron chi connectivity index (χ4n) is 5.01. The molecule has 5 nitrogen and oxygen atoms in total. The van der Waals surface area contributed by atoms with Gasteiger partial charge in [0.1, 0.15) is 5.82 Å². The third-order valence-corrected chi connectivity index (χ3v) is 6.98. The largest absolute Gasteiger partial charge is 0.333 e. The Labute approximate surface area is 205 Å². The van der Waals surface area contributed by atoms with Crippen molar-refractivity contribution >= 4 is 12.0 Å². The van der Waals surface area contributed by atoms with Crippen molar-refractivity contribution in [2.75, 3.05) is 20.1 Å². The number of fused-ring (bicyclic) bond motifs is 2. The number of hydrogen-bond acceptors (Lipinski definition) is 4. The van der Waals surface area contributed by atoms with Gasteiger partial charge in [-0.05, 0) is 61.9 Å². The van der Waals surface area contributed by atoms with Gasteiger partial charge in [0.15, 0.2) is 0 Å². The lowest BCUT2D eigenvalue weighted by Gasteiger charge is -2.32. The van der Waals surface area contributed by atoms with Gasteiger partial charge in [0, 0.05) is 48.7 Å². The van der Waals surface area contributed by atoms with Gasteiger partial charge in [-0.15, -0.1) is 0 Å². The maximum Gasteiger partial charge on any atom is 0.257 e. The molecule has 0 saturated carbocycles. The van der Waals surface area contributed by atoms with Gasteiger partial charge in [-0.25, -0.2) is 4.39 Å². The van der Waals surface area contributed by atoms with Gasteiger partial charge in [0.25, 0.3) is 5.91 Å². The van der Waals surface area contributed by atoms with E-state index in [0.717, 1.165) is 41.0 Å². The summed E-state index contributed by atoms with van der Waals surface area (Å²) in [5.74, 6) is 5.64. The third kappa shape index (κ3) is 4.36. The molecule has 2 atom stereocenters. The van der Waals surface area contributed by atoms with Crippen LogP contribution in [0, 0.1) is 17.7 Å². The number of nitrogens with zero attached hydrogens (tertiary/aromatic N) is 4. The molecular weight excluding hydrogens is 439 g/mol. The monoisotopic (exact) mass is 466 g/mol. The molecule has 2 saturated heterocycles. The lowest BCUT2D eigenvalue weighted by Crippen LogP contribution is -2.47. The molecule has 2 aliphatic rings. The molecule has 1 aromatic carbocycles. The number of aryl methyl sites for hydroxylation is 1. The van der Waals surface area contributed by atoms with Crippen LogP contribution in [0.5, 0.6) is 0 Å². The Morgan fingerprint density at radius 2 is 2.03 bits per heavy atom. The molecule has 0 spiro atoms. The number of carbonyl (C=O) groups excluding carboxylic acids is 1. The molecule has 2 bridgehead atoms. The molecule has 0 N–H and O–H groups in total. The number of hydrogen-bond donors (Lipinski definition) is 0. The van der Waals surface area contributed by atoms with Crippen LogP contribution in [0.25, 0.3) is 17.2 Å². The number of rotatable bonds is 4. The number of pyridine rings is 2. The predicted molar refractivity (Wildman–Crippen MR) is 135 cm³/mol. The summed E-state index contributed by atoms with van der Waals surface area (Å²) in [6, 6.07) is 11.0. The van der Waals surface area contributed by atoms with E-state index in [4.69, 9.17) is 0 Å². The molecule has 3 aromatic rings. The highest BCUT2D eigenvalue weighted by Gasteiger charge is 2.44. The number of halogens is 1. The first kappa shape index (κ1) is 22.9. The number of benzene rings is 1. The van der Waals surface area contributed by atoms with Crippen LogP contribution < -0.4 is 0 Å². The highest BCUT2D eigenvalue weighted by molar-refractivity contribution is 5.95. The molecule has 1 amide bonds. The van der Waals surface area contributed by atoms with E-state index < -0.39 is 5.82 Å². The summed E-state index contributed by atoms with van der Waals surface area (Å²) in [4.78, 5) is 26.0. The molecule has 2 aliphatic heterocycles. The Morgan fingerprint density at radius 3 is 2.66 bits per heavy atom. The number of likely N-dealkylation sites (tertiary alicyclic amines) is 2. The summed E-state index contributed by atoms with van der Waals surface area (Å²) in [7, 11) is 2.08. The first-order chi connectivity index (χ1) is 17.0. The quantitative estimate of drug-likeness (QED) is 0.535. The highest BCUT2D eigenvalue weighted by Crippen LogP contribution is 2.32. The maximum atomic E-state index is 15.3. The van der Waals surface area contributed by atoms with Gasteiger partial charge in [-0.3, -0.25) is 19.7 Å². The molecule has 6 heteroatoms. The fourth-order valence-corrected chi connectivity index (χ4v) is 5.01. The fraction of sp³-hybridized carbons (Fsp3) is 0.276. The summed E-state index contributed by atoms with van der Waals surface area (Å²) in [5, 5.41) is 0. The van der Waals surface area contributed by atoms with E-state index in [1.54, 1.807) is 30.6 Å². The zero-order valence-electron chi connectivity index (χ0n) is 20.0. The van der Waals surface area contributed by atoms with Crippen LogP contribution in [-0.4, -0.2) is 57.9 Å². The van der Waals surface area contributed by atoms with Crippen LogP contribution >= 0.6 is 0 Å². The Balaban J connectivity index is 1.46. The van der Waals surface area contributed by atoms with E-state index in [1.165, 1.54) is 6.07 Å². The van der Waals surface area contributed by atoms with E-state index >= 15 is 4.39 Å². The number of likely N-dealkylation sites (N-methyl/N-ethyl adjacent to an activating group) is 1. The molecule has 35 heavy (non-hydrogen) atoms. The molecule has 2 fully saturated rings. The lowest BCUT2D eigenvalue weighted by atomic mass is 9.96. The second-order valence-electron chi connectivity index (χ2n) is 9.09. The summed E-state index contributed by atoms with van der Waals surface area (Å²) < 4.78 is 15.3. The minimum atomic E-state index is -0.512. The van der Waals surface area contributed by atoms with Crippen molar-refractivity contribution in [3.05, 3.63) is 89.3 Å². The Hall–Kier alpha value is -3.82. The van der Waals surface area contributed by atoms with Crippen LogP contribution in [0.4, 0.5) is 4.39 Å². The van der Waals surface area contributed by atoms with Crippen LogP contribution in [0.2, 0.25) is 0 Å². The van der Waals surface area contributed by atoms with E-state index in [-0.39, 0.29) is 17.5 Å². The van der Waals surface area contributed by atoms with Gasteiger partial charge in [-0.1, -0.05) is 31.4 Å². The summed E-state index contributed by atoms with van der Waals surface area (Å²) >= 11 is 0. The third-order valence-electron chi connectivity index (χ3n) is 6.98. The highest BCUT2D eigenvalue weighted by atomic mass is 19.1. The van der Waals surface area contributed by atoms with Crippen LogP contribution in [0.15, 0.2) is 55.4 Å². The second-order valence-corrected chi connectivity index (χ2v) is 9.09. The molecular formula is C29H27FN4O. The van der Waals surface area contributed by atoms with E-state index in [9.17, 15) is 4.79 Å². The molecule has 176 valence electrons. The molecule has 0 radical (unpaired) electrons. The van der Waals surface area contributed by atoms with Crippen molar-refractivity contribution in [2.45, 2.75) is 31.8 Å². The van der Waals surface area contributed by atoms with Crippen molar-refractivity contribution < 1.29 is 9.18 Å². The zero-order valence-corrected chi connectivity index (χ0v) is 20.0. The van der Waals surface area contributed by atoms with Gasteiger partial charge in [0.2, 0.25) is 0 Å². The lowest BCUT2D eigenvalue weighted by molar-refractivity contribution is 0.0646. The Morgan fingerprint density at radius 1 is 1.17 bits per heavy atom. The van der Waals surface area contributed by atoms with Gasteiger partial charge < -0.3 is 4.90 Å². The normalized spacial score (nSPS) is 18.9. The van der Waals surface area contributed by atoms with Gasteiger partial charge >= 0.3 is 0 Å². The van der Waals surface area contributed by atoms with Crippen molar-refractivity contribution in [1.29, 1.82) is 0 Å². The van der Waals surface area contributed by atoms with Crippen molar-refractivity contribution in [1.82, 2.24) is 19.8 Å². The van der Waals surface area contributed by atoms with Crippen LogP contribution in [-0.2, 0) is 6.42 Å². The van der Waals surface area contributed by atoms with E-state index in [0.29, 0.717) is 24.6 Å². The van der Waals surface area contributed by atoms with Crippen LogP contribution in [0.1, 0.15) is 46.2 Å². The zero-order chi connectivity index (χ0) is 24.5. The Bertz CT molecular complexity index is 1350. The summed E-state index contributed by atoms with van der Waals surface area (Å²) in [5.41, 5.74) is 4.72. The number of carbonyl (C=O) groups is 1. The van der Waals surface area contributed by atoms with Crippen molar-refractivity contribution in [2.24, 2.45) is 0 Å². The standard InChI is InChI=1S/C29H27FN4O/c1-4-21-9-6-19(16-32-21)7-10-25-24(12-13-31-28(25)5-2)20-8-11-26(27(30)14-20)29(35)34-18-22-15-23(34)17-33(22)3/h4,6,8-9,11-14,16,22-23H,1,5,15,17-18H2,2-3H3. The van der Waals surface area contributed by atoms with Crippen molar-refractivity contribution in [3.63, 3.8) is 0 Å². The predicted octanol–water partition coefficient (Wildman–Crippen LogP) is 4.42. The minimum Gasteiger partial charge on any atom is -0.333 e. The average Bonchev–Trinajstić information content (AvgIpc) is 3.47. The van der Waals surface area contributed by atoms with Gasteiger partial charge in [-0.2, -0.15) is 0 Å². The van der Waals surface area contributed by atoms with E-state index in [1.807, 2.05) is 30.0 Å². The molecule has 4 heterocycles. The Kier molecular flexibility index (Phi) is 6.19. The molecule has 0 aliphatic carbocycles. The minimum absolute atomic E-state index is 0.120. The molecule has 2 unspecified atom stereocenters. The van der Waals surface area contributed by atoms with Crippen LogP contribution in [0.3, 0.4) is 0 Å². The number of aromatic nitrogens is 2.